The van der Waals surface area contributed by atoms with Crippen molar-refractivity contribution < 1.29 is 4.79 Å². The highest BCUT2D eigenvalue weighted by atomic mass is 35.5. The van der Waals surface area contributed by atoms with Gasteiger partial charge in [-0.2, -0.15) is 17.7 Å². The Morgan fingerprint density at radius 1 is 1.39 bits per heavy atom. The fraction of sp³-hybridized carbons (Fsp3) is 0.231. The van der Waals surface area contributed by atoms with Crippen LogP contribution in [0, 0.1) is 6.92 Å². The van der Waals surface area contributed by atoms with E-state index in [0.717, 1.165) is 17.1 Å². The van der Waals surface area contributed by atoms with Gasteiger partial charge in [-0.15, -0.1) is 0 Å². The van der Waals surface area contributed by atoms with Gasteiger partial charge in [-0.3, -0.25) is 4.79 Å². The van der Waals surface area contributed by atoms with E-state index in [1.54, 1.807) is 16.8 Å². The lowest BCUT2D eigenvalue weighted by Gasteiger charge is -2.06. The van der Waals surface area contributed by atoms with E-state index in [-0.39, 0.29) is 11.5 Å². The van der Waals surface area contributed by atoms with Gasteiger partial charge in [0, 0.05) is 17.2 Å². The molecule has 0 aliphatic rings. The SMILES string of the molecule is Cc1cc(CC(=O)CS)n(-c2ccc(Cl)cc2)n1. The summed E-state index contributed by atoms with van der Waals surface area (Å²) in [4.78, 5) is 11.5. The quantitative estimate of drug-likeness (QED) is 0.874. The van der Waals surface area contributed by atoms with E-state index in [9.17, 15) is 4.79 Å². The van der Waals surface area contributed by atoms with E-state index in [1.807, 2.05) is 25.1 Å². The molecule has 0 aliphatic carbocycles. The van der Waals surface area contributed by atoms with E-state index in [0.29, 0.717) is 11.4 Å². The molecule has 0 atom stereocenters. The van der Waals surface area contributed by atoms with Crippen LogP contribution >= 0.6 is 24.2 Å². The molecule has 0 aliphatic heterocycles. The Bertz CT molecular complexity index is 563. The van der Waals surface area contributed by atoms with Crippen molar-refractivity contribution in [2.75, 3.05) is 5.75 Å². The van der Waals surface area contributed by atoms with Crippen LogP contribution < -0.4 is 0 Å². The van der Waals surface area contributed by atoms with E-state index >= 15 is 0 Å². The van der Waals surface area contributed by atoms with Crippen molar-refractivity contribution in [2.24, 2.45) is 0 Å². The van der Waals surface area contributed by atoms with Crippen molar-refractivity contribution in [3.63, 3.8) is 0 Å². The highest BCUT2D eigenvalue weighted by Gasteiger charge is 2.10. The van der Waals surface area contributed by atoms with Gasteiger partial charge in [-0.1, -0.05) is 11.6 Å². The van der Waals surface area contributed by atoms with Crippen LogP contribution in [0.15, 0.2) is 30.3 Å². The molecule has 18 heavy (non-hydrogen) atoms. The number of rotatable bonds is 4. The van der Waals surface area contributed by atoms with Crippen molar-refractivity contribution in [1.29, 1.82) is 0 Å². The third-order valence-corrected chi connectivity index (χ3v) is 3.14. The Morgan fingerprint density at radius 2 is 2.06 bits per heavy atom. The van der Waals surface area contributed by atoms with Gasteiger partial charge in [0.05, 0.1) is 17.1 Å². The zero-order valence-corrected chi connectivity index (χ0v) is 11.6. The molecule has 94 valence electrons. The van der Waals surface area contributed by atoms with Gasteiger partial charge < -0.3 is 0 Å². The Kier molecular flexibility index (Phi) is 4.09. The Hall–Kier alpha value is -1.26. The van der Waals surface area contributed by atoms with Crippen molar-refractivity contribution in [3.05, 3.63) is 46.7 Å². The van der Waals surface area contributed by atoms with Crippen LogP contribution in [0.1, 0.15) is 11.4 Å². The fourth-order valence-corrected chi connectivity index (χ4v) is 1.98. The normalized spacial score (nSPS) is 10.6. The average Bonchev–Trinajstić information content (AvgIpc) is 2.71. The summed E-state index contributed by atoms with van der Waals surface area (Å²) in [6.45, 7) is 1.90. The van der Waals surface area contributed by atoms with Crippen LogP contribution in [0.25, 0.3) is 5.69 Å². The maximum atomic E-state index is 11.5. The van der Waals surface area contributed by atoms with Crippen molar-refractivity contribution in [2.45, 2.75) is 13.3 Å². The molecular formula is C13H13ClN2OS. The highest BCUT2D eigenvalue weighted by Crippen LogP contribution is 2.16. The molecule has 0 bridgehead atoms. The van der Waals surface area contributed by atoms with Gasteiger partial charge in [0.2, 0.25) is 0 Å². The predicted molar refractivity (Wildman–Crippen MR) is 75.9 cm³/mol. The predicted octanol–water partition coefficient (Wildman–Crippen LogP) is 2.88. The molecule has 0 radical (unpaired) electrons. The number of hydrogen-bond acceptors (Lipinski definition) is 3. The summed E-state index contributed by atoms with van der Waals surface area (Å²) >= 11 is 9.85. The Labute approximate surface area is 116 Å². The minimum absolute atomic E-state index is 0.0773. The molecule has 0 fully saturated rings. The second kappa shape index (κ2) is 5.59. The van der Waals surface area contributed by atoms with Crippen molar-refractivity contribution >= 4 is 30.0 Å². The maximum Gasteiger partial charge on any atom is 0.148 e. The highest BCUT2D eigenvalue weighted by molar-refractivity contribution is 7.81. The first-order valence-corrected chi connectivity index (χ1v) is 6.55. The van der Waals surface area contributed by atoms with Gasteiger partial charge in [0.15, 0.2) is 0 Å². The second-order valence-corrected chi connectivity index (χ2v) is 4.79. The largest absolute Gasteiger partial charge is 0.298 e. The molecule has 5 heteroatoms. The molecular weight excluding hydrogens is 268 g/mol. The number of Topliss-reactive ketones (excluding diaryl/α,β-unsaturated/α-hetero) is 1. The lowest BCUT2D eigenvalue weighted by molar-refractivity contribution is -0.116. The maximum absolute atomic E-state index is 11.5. The van der Waals surface area contributed by atoms with Crippen LogP contribution in [0.2, 0.25) is 5.02 Å². The van der Waals surface area contributed by atoms with Crippen molar-refractivity contribution in [1.82, 2.24) is 9.78 Å². The number of thiol groups is 1. The van der Waals surface area contributed by atoms with Crippen LogP contribution in [0.4, 0.5) is 0 Å². The second-order valence-electron chi connectivity index (χ2n) is 4.04. The topological polar surface area (TPSA) is 34.9 Å². The molecule has 0 saturated heterocycles. The number of halogens is 1. The summed E-state index contributed by atoms with van der Waals surface area (Å²) in [6.07, 6.45) is 0.340. The van der Waals surface area contributed by atoms with Gasteiger partial charge >= 0.3 is 0 Å². The third-order valence-electron chi connectivity index (χ3n) is 2.53. The lowest BCUT2D eigenvalue weighted by Crippen LogP contribution is -2.09. The number of carbonyl (C=O) groups excluding carboxylic acids is 1. The minimum atomic E-state index is 0.0773. The number of carbonyl (C=O) groups is 1. The van der Waals surface area contributed by atoms with E-state index in [4.69, 9.17) is 11.6 Å². The smallest absolute Gasteiger partial charge is 0.148 e. The molecule has 0 spiro atoms. The number of benzene rings is 1. The third kappa shape index (κ3) is 2.94. The standard InChI is InChI=1S/C13H13ClN2OS/c1-9-6-12(7-13(17)8-18)16(15-9)11-4-2-10(14)3-5-11/h2-6,18H,7-8H2,1H3. The summed E-state index contributed by atoms with van der Waals surface area (Å²) in [6, 6.07) is 9.28. The van der Waals surface area contributed by atoms with Crippen LogP contribution in [0.3, 0.4) is 0 Å². The van der Waals surface area contributed by atoms with Crippen molar-refractivity contribution in [3.8, 4) is 5.69 Å². The number of aromatic nitrogens is 2. The monoisotopic (exact) mass is 280 g/mol. The molecule has 0 amide bonds. The first-order chi connectivity index (χ1) is 8.60. The summed E-state index contributed by atoms with van der Waals surface area (Å²) in [5.41, 5.74) is 2.65. The summed E-state index contributed by atoms with van der Waals surface area (Å²) in [5, 5.41) is 5.07. The molecule has 1 heterocycles. The molecule has 1 aromatic carbocycles. The van der Waals surface area contributed by atoms with Gasteiger partial charge in [0.1, 0.15) is 5.78 Å². The Morgan fingerprint density at radius 3 is 2.67 bits per heavy atom. The van der Waals surface area contributed by atoms with Crippen LogP contribution in [-0.4, -0.2) is 21.3 Å². The van der Waals surface area contributed by atoms with Gasteiger partial charge in [-0.25, -0.2) is 4.68 Å². The minimum Gasteiger partial charge on any atom is -0.298 e. The van der Waals surface area contributed by atoms with Crippen LogP contribution in [-0.2, 0) is 11.2 Å². The first-order valence-electron chi connectivity index (χ1n) is 5.54. The molecule has 0 unspecified atom stereocenters. The molecule has 0 N–H and O–H groups in total. The number of ketones is 1. The lowest BCUT2D eigenvalue weighted by atomic mass is 10.2. The fourth-order valence-electron chi connectivity index (χ4n) is 1.74. The van der Waals surface area contributed by atoms with E-state index < -0.39 is 0 Å². The summed E-state index contributed by atoms with van der Waals surface area (Å²) in [5.74, 6) is 0.318. The number of hydrogen-bond donors (Lipinski definition) is 1. The molecule has 2 rings (SSSR count). The zero-order chi connectivity index (χ0) is 13.1. The van der Waals surface area contributed by atoms with Crippen LogP contribution in [0.5, 0.6) is 0 Å². The molecule has 3 nitrogen and oxygen atoms in total. The van der Waals surface area contributed by atoms with E-state index in [2.05, 4.69) is 17.7 Å². The zero-order valence-electron chi connectivity index (χ0n) is 9.93. The van der Waals surface area contributed by atoms with E-state index in [1.165, 1.54) is 0 Å². The van der Waals surface area contributed by atoms with Gasteiger partial charge in [0.25, 0.3) is 0 Å². The Balaban J connectivity index is 2.37. The summed E-state index contributed by atoms with van der Waals surface area (Å²) < 4.78 is 1.77. The first kappa shape index (κ1) is 13.2. The average molecular weight is 281 g/mol. The number of nitrogens with zero attached hydrogens (tertiary/aromatic N) is 2. The number of aryl methyl sites for hydroxylation is 1. The van der Waals surface area contributed by atoms with Gasteiger partial charge in [-0.05, 0) is 37.3 Å². The molecule has 0 saturated carbocycles. The molecule has 1 aromatic heterocycles. The summed E-state index contributed by atoms with van der Waals surface area (Å²) in [7, 11) is 0. The molecule has 2 aromatic rings.